The number of aromatic hydroxyl groups is 1. The smallest absolute Gasteiger partial charge is 0.258 e. The van der Waals surface area contributed by atoms with Gasteiger partial charge in [-0.1, -0.05) is 0 Å². The predicted molar refractivity (Wildman–Crippen MR) is 66.8 cm³/mol. The van der Waals surface area contributed by atoms with Crippen LogP contribution in [0.3, 0.4) is 0 Å². The van der Waals surface area contributed by atoms with E-state index in [1.165, 1.54) is 25.4 Å². The van der Waals surface area contributed by atoms with Crippen LogP contribution in [0.15, 0.2) is 36.5 Å². The van der Waals surface area contributed by atoms with Crippen molar-refractivity contribution in [2.45, 2.75) is 0 Å². The van der Waals surface area contributed by atoms with Gasteiger partial charge in [0.2, 0.25) is 5.88 Å². The molecular weight excluding hydrogens is 251 g/mol. The summed E-state index contributed by atoms with van der Waals surface area (Å²) in [5.74, 6) is -1.24. The third-order valence-corrected chi connectivity index (χ3v) is 2.40. The maximum Gasteiger partial charge on any atom is 0.258 e. The molecule has 0 spiro atoms. The normalized spacial score (nSPS) is 10.0. The molecule has 0 aliphatic heterocycles. The molecular formula is C13H11FN2O3. The van der Waals surface area contributed by atoms with E-state index in [1.807, 2.05) is 0 Å². The van der Waals surface area contributed by atoms with E-state index in [9.17, 15) is 9.18 Å². The number of anilines is 1. The lowest BCUT2D eigenvalue weighted by atomic mass is 10.2. The molecule has 5 nitrogen and oxygen atoms in total. The number of hydrogen-bond acceptors (Lipinski definition) is 4. The molecule has 2 N–H and O–H groups in total. The molecule has 0 saturated heterocycles. The molecule has 0 aliphatic rings. The first-order valence-corrected chi connectivity index (χ1v) is 5.40. The second-order valence-electron chi connectivity index (χ2n) is 3.71. The summed E-state index contributed by atoms with van der Waals surface area (Å²) in [7, 11) is 1.48. The number of pyridine rings is 1. The highest BCUT2D eigenvalue weighted by Gasteiger charge is 2.12. The minimum Gasteiger partial charge on any atom is -0.508 e. The van der Waals surface area contributed by atoms with E-state index in [2.05, 4.69) is 10.3 Å². The molecule has 6 heteroatoms. The monoisotopic (exact) mass is 262 g/mol. The fourth-order valence-electron chi connectivity index (χ4n) is 1.46. The van der Waals surface area contributed by atoms with Crippen LogP contribution in [0.5, 0.6) is 11.6 Å². The number of ether oxygens (including phenoxy) is 1. The quantitative estimate of drug-likeness (QED) is 0.889. The van der Waals surface area contributed by atoms with Crippen molar-refractivity contribution >= 4 is 11.6 Å². The van der Waals surface area contributed by atoms with Gasteiger partial charge in [-0.25, -0.2) is 9.37 Å². The number of carbonyl (C=O) groups is 1. The molecule has 1 aromatic heterocycles. The molecule has 19 heavy (non-hydrogen) atoms. The molecule has 0 aliphatic carbocycles. The highest BCUT2D eigenvalue weighted by molar-refractivity contribution is 6.04. The fraction of sp³-hybridized carbons (Fsp3) is 0.0769. The van der Waals surface area contributed by atoms with Gasteiger partial charge in [-0.05, 0) is 18.2 Å². The lowest BCUT2D eigenvalue weighted by Gasteiger charge is -2.06. The van der Waals surface area contributed by atoms with E-state index in [0.29, 0.717) is 11.6 Å². The maximum absolute atomic E-state index is 13.5. The second-order valence-corrected chi connectivity index (χ2v) is 3.71. The molecule has 98 valence electrons. The number of amides is 1. The van der Waals surface area contributed by atoms with Crippen molar-refractivity contribution in [1.29, 1.82) is 0 Å². The first kappa shape index (κ1) is 12.8. The van der Waals surface area contributed by atoms with Crippen LogP contribution in [0.1, 0.15) is 10.4 Å². The summed E-state index contributed by atoms with van der Waals surface area (Å²) in [6.45, 7) is 0. The van der Waals surface area contributed by atoms with Gasteiger partial charge in [-0.2, -0.15) is 0 Å². The number of carbonyl (C=O) groups excluding carboxylic acids is 1. The summed E-state index contributed by atoms with van der Waals surface area (Å²) in [5.41, 5.74) is 0.256. The standard InChI is InChI=1S/C13H11FN2O3/c1-19-12-5-2-8(7-15-12)16-13(18)10-4-3-9(17)6-11(10)14/h2-7,17H,1H3,(H,16,18). The van der Waals surface area contributed by atoms with Crippen molar-refractivity contribution in [1.82, 2.24) is 4.98 Å². The Hall–Kier alpha value is -2.63. The van der Waals surface area contributed by atoms with Crippen LogP contribution in [0.2, 0.25) is 0 Å². The van der Waals surface area contributed by atoms with E-state index in [4.69, 9.17) is 9.84 Å². The van der Waals surface area contributed by atoms with Gasteiger partial charge in [0.15, 0.2) is 0 Å². The molecule has 1 aromatic carbocycles. The van der Waals surface area contributed by atoms with Gasteiger partial charge in [-0.15, -0.1) is 0 Å². The first-order chi connectivity index (χ1) is 9.10. The number of phenolic OH excluding ortho intramolecular Hbond substituents is 1. The van der Waals surface area contributed by atoms with Crippen LogP contribution >= 0.6 is 0 Å². The van der Waals surface area contributed by atoms with Gasteiger partial charge in [0, 0.05) is 12.1 Å². The maximum atomic E-state index is 13.5. The Morgan fingerprint density at radius 1 is 1.37 bits per heavy atom. The molecule has 1 amide bonds. The van der Waals surface area contributed by atoms with Crippen LogP contribution < -0.4 is 10.1 Å². The van der Waals surface area contributed by atoms with E-state index >= 15 is 0 Å². The zero-order chi connectivity index (χ0) is 13.8. The number of halogens is 1. The van der Waals surface area contributed by atoms with Gasteiger partial charge < -0.3 is 15.2 Å². The van der Waals surface area contributed by atoms with Crippen molar-refractivity contribution in [3.63, 3.8) is 0 Å². The van der Waals surface area contributed by atoms with Gasteiger partial charge in [0.05, 0.1) is 24.6 Å². The predicted octanol–water partition coefficient (Wildman–Crippen LogP) is 2.19. The summed E-state index contributed by atoms with van der Waals surface area (Å²) in [6.07, 6.45) is 1.40. The average molecular weight is 262 g/mol. The number of hydrogen-bond donors (Lipinski definition) is 2. The third kappa shape index (κ3) is 2.98. The minimum absolute atomic E-state index is 0.159. The first-order valence-electron chi connectivity index (χ1n) is 5.40. The minimum atomic E-state index is -0.793. The lowest BCUT2D eigenvalue weighted by Crippen LogP contribution is -2.13. The summed E-state index contributed by atoms with van der Waals surface area (Å²) < 4.78 is 18.3. The van der Waals surface area contributed by atoms with Crippen LogP contribution in [0.25, 0.3) is 0 Å². The fourth-order valence-corrected chi connectivity index (χ4v) is 1.46. The van der Waals surface area contributed by atoms with Crippen LogP contribution in [-0.2, 0) is 0 Å². The number of nitrogens with one attached hydrogen (secondary N) is 1. The van der Waals surface area contributed by atoms with Crippen molar-refractivity contribution in [2.75, 3.05) is 12.4 Å². The van der Waals surface area contributed by atoms with E-state index in [1.54, 1.807) is 12.1 Å². The zero-order valence-corrected chi connectivity index (χ0v) is 10.1. The molecule has 0 unspecified atom stereocenters. The molecule has 0 saturated carbocycles. The number of aromatic nitrogens is 1. The Balaban J connectivity index is 2.15. The van der Waals surface area contributed by atoms with Gasteiger partial charge >= 0.3 is 0 Å². The van der Waals surface area contributed by atoms with Crippen molar-refractivity contribution in [3.8, 4) is 11.6 Å². The Kier molecular flexibility index (Phi) is 3.61. The van der Waals surface area contributed by atoms with E-state index in [0.717, 1.165) is 6.07 Å². The van der Waals surface area contributed by atoms with Crippen molar-refractivity contribution in [2.24, 2.45) is 0 Å². The number of rotatable bonds is 3. The summed E-state index contributed by atoms with van der Waals surface area (Å²) in [4.78, 5) is 15.7. The number of nitrogens with zero attached hydrogens (tertiary/aromatic N) is 1. The Morgan fingerprint density at radius 2 is 2.16 bits per heavy atom. The molecule has 0 bridgehead atoms. The molecule has 0 fully saturated rings. The summed E-state index contributed by atoms with van der Waals surface area (Å²) >= 11 is 0. The van der Waals surface area contributed by atoms with Gasteiger partial charge in [0.25, 0.3) is 5.91 Å². The summed E-state index contributed by atoms with van der Waals surface area (Å²) in [6, 6.07) is 6.48. The number of benzene rings is 1. The van der Waals surface area contributed by atoms with Crippen molar-refractivity contribution in [3.05, 3.63) is 47.9 Å². The Bertz CT molecular complexity index is 599. The largest absolute Gasteiger partial charge is 0.508 e. The van der Waals surface area contributed by atoms with Gasteiger partial charge in [-0.3, -0.25) is 4.79 Å². The van der Waals surface area contributed by atoms with Gasteiger partial charge in [0.1, 0.15) is 11.6 Å². The molecule has 0 atom stereocenters. The van der Waals surface area contributed by atoms with Crippen LogP contribution in [-0.4, -0.2) is 23.1 Å². The van der Waals surface area contributed by atoms with Crippen molar-refractivity contribution < 1.29 is 19.0 Å². The lowest BCUT2D eigenvalue weighted by molar-refractivity contribution is 0.102. The molecule has 1 heterocycles. The number of phenols is 1. The van der Waals surface area contributed by atoms with E-state index in [-0.39, 0.29) is 11.3 Å². The summed E-state index contributed by atoms with van der Waals surface area (Å²) in [5, 5.41) is 11.6. The third-order valence-electron chi connectivity index (χ3n) is 2.40. The average Bonchev–Trinajstić information content (AvgIpc) is 2.39. The molecule has 2 rings (SSSR count). The molecule has 2 aromatic rings. The second kappa shape index (κ2) is 5.34. The SMILES string of the molecule is COc1ccc(NC(=O)c2ccc(O)cc2F)cn1. The highest BCUT2D eigenvalue weighted by atomic mass is 19.1. The molecule has 0 radical (unpaired) electrons. The van der Waals surface area contributed by atoms with E-state index < -0.39 is 11.7 Å². The zero-order valence-electron chi connectivity index (χ0n) is 10.1. The Morgan fingerprint density at radius 3 is 2.74 bits per heavy atom. The highest BCUT2D eigenvalue weighted by Crippen LogP contribution is 2.17. The number of methoxy groups -OCH3 is 1. The topological polar surface area (TPSA) is 71.5 Å². The van der Waals surface area contributed by atoms with Crippen LogP contribution in [0, 0.1) is 5.82 Å². The Labute approximate surface area is 108 Å². The van der Waals surface area contributed by atoms with Crippen LogP contribution in [0.4, 0.5) is 10.1 Å².